The number of amides is 2. The number of carbonyl (C=O) groups is 2. The highest BCUT2D eigenvalue weighted by Gasteiger charge is 2.07. The van der Waals surface area contributed by atoms with E-state index in [4.69, 9.17) is 5.73 Å². The molecule has 7 nitrogen and oxygen atoms in total. The van der Waals surface area contributed by atoms with Crippen LogP contribution in [0.3, 0.4) is 0 Å². The quantitative estimate of drug-likeness (QED) is 0.244. The van der Waals surface area contributed by atoms with E-state index in [0.717, 1.165) is 5.56 Å². The summed E-state index contributed by atoms with van der Waals surface area (Å²) in [5, 5.41) is 8.73. The van der Waals surface area contributed by atoms with Crippen LogP contribution in [-0.2, 0) is 17.8 Å². The average molecular weight is 513 g/mol. The molecule has 2 amide bonds. The average Bonchev–Trinajstić information content (AvgIpc) is 2.70. The number of nitrogens with two attached hydrogens (primary N) is 1. The van der Waals surface area contributed by atoms with Gasteiger partial charge in [0, 0.05) is 25.7 Å². The van der Waals surface area contributed by atoms with Crippen LogP contribution in [0.25, 0.3) is 0 Å². The summed E-state index contributed by atoms with van der Waals surface area (Å²) < 4.78 is 13.6. The van der Waals surface area contributed by atoms with Gasteiger partial charge in [0.2, 0.25) is 5.91 Å². The number of hydrogen-bond donors (Lipinski definition) is 4. The molecule has 0 atom stereocenters. The standard InChI is InChI=1S/C20H24FN5O2.HI/c1-23-20(24-11-10-15-4-2-3-5-17(15)21)26-12-14-6-8-16(9-7-14)19(28)25-13-18(22)27;/h2-9H,10-13H2,1H3,(H2,22,27)(H,25,28)(H2,23,24,26);1H. The van der Waals surface area contributed by atoms with Crippen LogP contribution in [0.4, 0.5) is 4.39 Å². The third-order valence-corrected chi connectivity index (χ3v) is 3.97. The molecule has 0 aliphatic carbocycles. The topological polar surface area (TPSA) is 109 Å². The van der Waals surface area contributed by atoms with Gasteiger partial charge in [0.1, 0.15) is 5.82 Å². The minimum absolute atomic E-state index is 0. The Balaban J connectivity index is 0.00000420. The van der Waals surface area contributed by atoms with E-state index in [-0.39, 0.29) is 42.2 Å². The van der Waals surface area contributed by atoms with E-state index in [1.807, 2.05) is 6.07 Å². The molecule has 0 unspecified atom stereocenters. The summed E-state index contributed by atoms with van der Waals surface area (Å²) in [5.74, 6) is -0.571. The summed E-state index contributed by atoms with van der Waals surface area (Å²) in [5.41, 5.74) is 7.04. The first-order valence-electron chi connectivity index (χ1n) is 8.83. The van der Waals surface area contributed by atoms with Crippen molar-refractivity contribution >= 4 is 41.8 Å². The van der Waals surface area contributed by atoms with E-state index < -0.39 is 5.91 Å². The fourth-order valence-electron chi connectivity index (χ4n) is 2.47. The van der Waals surface area contributed by atoms with Gasteiger partial charge < -0.3 is 21.7 Å². The predicted molar refractivity (Wildman–Crippen MR) is 122 cm³/mol. The van der Waals surface area contributed by atoms with Crippen molar-refractivity contribution < 1.29 is 14.0 Å². The third-order valence-electron chi connectivity index (χ3n) is 3.97. The lowest BCUT2D eigenvalue weighted by molar-refractivity contribution is -0.117. The smallest absolute Gasteiger partial charge is 0.251 e. The third kappa shape index (κ3) is 8.46. The predicted octanol–water partition coefficient (Wildman–Crippen LogP) is 1.57. The maximum Gasteiger partial charge on any atom is 0.251 e. The number of nitrogens with zero attached hydrogens (tertiary/aromatic N) is 1. The summed E-state index contributed by atoms with van der Waals surface area (Å²) in [6.45, 7) is 0.846. The fourth-order valence-corrected chi connectivity index (χ4v) is 2.47. The molecule has 0 saturated carbocycles. The van der Waals surface area contributed by atoms with Gasteiger partial charge in [-0.2, -0.15) is 0 Å². The molecule has 0 radical (unpaired) electrons. The largest absolute Gasteiger partial charge is 0.368 e. The Labute approximate surface area is 186 Å². The highest BCUT2D eigenvalue weighted by molar-refractivity contribution is 14.0. The lowest BCUT2D eigenvalue weighted by Crippen LogP contribution is -2.38. The second kappa shape index (κ2) is 12.7. The number of nitrogens with one attached hydrogen (secondary N) is 3. The normalized spacial score (nSPS) is 10.6. The van der Waals surface area contributed by atoms with E-state index in [2.05, 4.69) is 20.9 Å². The Morgan fingerprint density at radius 1 is 1.03 bits per heavy atom. The van der Waals surface area contributed by atoms with Crippen molar-refractivity contribution in [2.24, 2.45) is 10.7 Å². The summed E-state index contributed by atoms with van der Waals surface area (Å²) in [6, 6.07) is 13.6. The highest BCUT2D eigenvalue weighted by atomic mass is 127. The van der Waals surface area contributed by atoms with Crippen molar-refractivity contribution in [3.05, 3.63) is 71.0 Å². The number of hydrogen-bond acceptors (Lipinski definition) is 3. The molecule has 2 rings (SSSR count). The fraction of sp³-hybridized carbons (Fsp3) is 0.250. The van der Waals surface area contributed by atoms with Crippen LogP contribution in [0, 0.1) is 5.82 Å². The second-order valence-corrected chi connectivity index (χ2v) is 6.04. The lowest BCUT2D eigenvalue weighted by Gasteiger charge is -2.12. The van der Waals surface area contributed by atoms with Crippen molar-refractivity contribution in [1.29, 1.82) is 0 Å². The first-order valence-corrected chi connectivity index (χ1v) is 8.83. The summed E-state index contributed by atoms with van der Waals surface area (Å²) in [6.07, 6.45) is 0.544. The lowest BCUT2D eigenvalue weighted by atomic mass is 10.1. The number of halogens is 2. The molecule has 0 saturated heterocycles. The van der Waals surface area contributed by atoms with Crippen LogP contribution in [0.2, 0.25) is 0 Å². The van der Waals surface area contributed by atoms with E-state index in [0.29, 0.717) is 36.6 Å². The molecule has 0 fully saturated rings. The zero-order chi connectivity index (χ0) is 20.4. The van der Waals surface area contributed by atoms with Crippen molar-refractivity contribution in [2.75, 3.05) is 20.1 Å². The first kappa shape index (κ1) is 24.3. The molecule has 0 bridgehead atoms. The van der Waals surface area contributed by atoms with Crippen LogP contribution in [-0.4, -0.2) is 37.9 Å². The van der Waals surface area contributed by atoms with E-state index in [1.165, 1.54) is 6.07 Å². The van der Waals surface area contributed by atoms with Gasteiger partial charge in [0.25, 0.3) is 5.91 Å². The van der Waals surface area contributed by atoms with E-state index in [9.17, 15) is 14.0 Å². The summed E-state index contributed by atoms with van der Waals surface area (Å²) in [4.78, 5) is 26.7. The molecule has 29 heavy (non-hydrogen) atoms. The van der Waals surface area contributed by atoms with E-state index >= 15 is 0 Å². The zero-order valence-corrected chi connectivity index (χ0v) is 18.4. The molecule has 0 aromatic heterocycles. The molecule has 0 aliphatic heterocycles. The molecule has 2 aromatic carbocycles. The molecular weight excluding hydrogens is 488 g/mol. The maximum absolute atomic E-state index is 13.6. The Morgan fingerprint density at radius 3 is 2.34 bits per heavy atom. The molecule has 9 heteroatoms. The van der Waals surface area contributed by atoms with Crippen LogP contribution < -0.4 is 21.7 Å². The molecule has 5 N–H and O–H groups in total. The molecule has 0 heterocycles. The number of aliphatic imine (C=N–C) groups is 1. The van der Waals surface area contributed by atoms with Crippen molar-refractivity contribution in [3.63, 3.8) is 0 Å². The Kier molecular flexibility index (Phi) is 10.7. The summed E-state index contributed by atoms with van der Waals surface area (Å²) >= 11 is 0. The Hall–Kier alpha value is -2.69. The number of rotatable bonds is 8. The number of benzene rings is 2. The van der Waals surface area contributed by atoms with E-state index in [1.54, 1.807) is 43.4 Å². The van der Waals surface area contributed by atoms with Gasteiger partial charge in [0.05, 0.1) is 6.54 Å². The van der Waals surface area contributed by atoms with Crippen molar-refractivity contribution in [2.45, 2.75) is 13.0 Å². The number of primary amides is 1. The highest BCUT2D eigenvalue weighted by Crippen LogP contribution is 2.06. The van der Waals surface area contributed by atoms with Gasteiger partial charge in [-0.3, -0.25) is 14.6 Å². The second-order valence-electron chi connectivity index (χ2n) is 6.04. The Bertz CT molecular complexity index is 843. The van der Waals surface area contributed by atoms with Gasteiger partial charge in [0.15, 0.2) is 5.96 Å². The van der Waals surface area contributed by atoms with Crippen molar-refractivity contribution in [1.82, 2.24) is 16.0 Å². The minimum atomic E-state index is -0.594. The maximum atomic E-state index is 13.6. The number of guanidine groups is 1. The van der Waals surface area contributed by atoms with Gasteiger partial charge in [-0.1, -0.05) is 30.3 Å². The van der Waals surface area contributed by atoms with Crippen LogP contribution >= 0.6 is 24.0 Å². The zero-order valence-electron chi connectivity index (χ0n) is 16.1. The number of carbonyl (C=O) groups excluding carboxylic acids is 2. The van der Waals surface area contributed by atoms with Crippen LogP contribution in [0.1, 0.15) is 21.5 Å². The SMILES string of the molecule is CN=C(NCCc1ccccc1F)NCc1ccc(C(=O)NCC(N)=O)cc1.I. The molecule has 0 aliphatic rings. The molecule has 0 spiro atoms. The van der Waals surface area contributed by atoms with Gasteiger partial charge >= 0.3 is 0 Å². The van der Waals surface area contributed by atoms with Gasteiger partial charge in [-0.15, -0.1) is 24.0 Å². The van der Waals surface area contributed by atoms with Crippen molar-refractivity contribution in [3.8, 4) is 0 Å². The minimum Gasteiger partial charge on any atom is -0.368 e. The molecular formula is C20H25FIN5O2. The Morgan fingerprint density at radius 2 is 1.72 bits per heavy atom. The van der Waals surface area contributed by atoms with Crippen LogP contribution in [0.5, 0.6) is 0 Å². The van der Waals surface area contributed by atoms with Gasteiger partial charge in [-0.25, -0.2) is 4.39 Å². The first-order chi connectivity index (χ1) is 13.5. The summed E-state index contributed by atoms with van der Waals surface area (Å²) in [7, 11) is 1.66. The molecule has 2 aromatic rings. The van der Waals surface area contributed by atoms with Crippen LogP contribution in [0.15, 0.2) is 53.5 Å². The molecule has 156 valence electrons. The monoisotopic (exact) mass is 513 g/mol. The van der Waals surface area contributed by atoms with Gasteiger partial charge in [-0.05, 0) is 35.7 Å².